The van der Waals surface area contributed by atoms with Crippen LogP contribution in [0.3, 0.4) is 0 Å². The van der Waals surface area contributed by atoms with E-state index >= 15 is 0 Å². The van der Waals surface area contributed by atoms with Crippen molar-refractivity contribution in [1.29, 1.82) is 0 Å². The Balaban J connectivity index is 1.58. The van der Waals surface area contributed by atoms with Gasteiger partial charge in [-0.05, 0) is 34.5 Å². The summed E-state index contributed by atoms with van der Waals surface area (Å²) < 4.78 is 13.9. The average Bonchev–Trinajstić information content (AvgIpc) is 2.63. The molecule has 1 unspecified atom stereocenters. The maximum absolute atomic E-state index is 12.2. The number of ether oxygens (including phenoxy) is 2. The van der Waals surface area contributed by atoms with Gasteiger partial charge in [-0.25, -0.2) is 0 Å². The van der Waals surface area contributed by atoms with E-state index in [4.69, 9.17) is 9.47 Å². The minimum absolute atomic E-state index is 0.140. The number of nitrogens with one attached hydrogen (secondary N) is 1. The molecular weight excluding hydrogens is 396 g/mol. The molecule has 2 aliphatic rings. The molecule has 1 saturated heterocycles. The molecule has 3 atom stereocenters. The van der Waals surface area contributed by atoms with Gasteiger partial charge in [0.1, 0.15) is 18.0 Å². The Bertz CT molecular complexity index is 880. The van der Waals surface area contributed by atoms with Crippen LogP contribution in [0.5, 0.6) is 11.5 Å². The second-order valence-corrected chi connectivity index (χ2v) is 8.19. The van der Waals surface area contributed by atoms with Crippen molar-refractivity contribution >= 4 is 15.9 Å². The van der Waals surface area contributed by atoms with Crippen molar-refractivity contribution < 1.29 is 14.4 Å². The third-order valence-corrected chi connectivity index (χ3v) is 6.29. The van der Waals surface area contributed by atoms with Crippen molar-refractivity contribution in [3.8, 4) is 11.5 Å². The van der Waals surface area contributed by atoms with Crippen molar-refractivity contribution in [1.82, 2.24) is 4.57 Å². The zero-order valence-electron chi connectivity index (χ0n) is 15.1. The smallest absolute Gasteiger partial charge is 0.250 e. The quantitative estimate of drug-likeness (QED) is 0.821. The van der Waals surface area contributed by atoms with E-state index in [0.29, 0.717) is 11.8 Å². The molecule has 2 aromatic rings. The average molecular weight is 420 g/mol. The van der Waals surface area contributed by atoms with Crippen LogP contribution in [0.25, 0.3) is 0 Å². The van der Waals surface area contributed by atoms with Crippen LogP contribution in [0.4, 0.5) is 0 Å². The summed E-state index contributed by atoms with van der Waals surface area (Å²) in [5.41, 5.74) is 2.52. The Hall–Kier alpha value is -1.79. The highest BCUT2D eigenvalue weighted by Gasteiger charge is 2.37. The number of quaternary nitrogens is 1. The lowest BCUT2D eigenvalue weighted by molar-refractivity contribution is -0.924. The van der Waals surface area contributed by atoms with E-state index in [9.17, 15) is 4.79 Å². The van der Waals surface area contributed by atoms with Crippen molar-refractivity contribution in [3.63, 3.8) is 0 Å². The van der Waals surface area contributed by atoms with Crippen LogP contribution in [0.1, 0.15) is 23.6 Å². The van der Waals surface area contributed by atoms with Gasteiger partial charge >= 0.3 is 0 Å². The largest absolute Gasteiger partial charge is 0.496 e. The summed E-state index contributed by atoms with van der Waals surface area (Å²) in [5, 5.41) is 0. The molecule has 2 bridgehead atoms. The summed E-state index contributed by atoms with van der Waals surface area (Å²) in [6.07, 6.45) is 1.19. The third kappa shape index (κ3) is 3.16. The Morgan fingerprint density at radius 3 is 2.77 bits per heavy atom. The molecule has 0 saturated carbocycles. The van der Waals surface area contributed by atoms with Crippen LogP contribution >= 0.6 is 15.9 Å². The molecule has 0 radical (unpaired) electrons. The second kappa shape index (κ2) is 7.08. The van der Waals surface area contributed by atoms with Crippen molar-refractivity contribution in [2.75, 3.05) is 27.3 Å². The summed E-state index contributed by atoms with van der Waals surface area (Å²) in [5.74, 6) is 2.66. The molecule has 0 aliphatic carbocycles. The number of likely N-dealkylation sites (tertiary alicyclic amines) is 1. The Labute approximate surface area is 161 Å². The molecule has 5 nitrogen and oxygen atoms in total. The molecule has 4 rings (SSSR count). The van der Waals surface area contributed by atoms with E-state index in [1.54, 1.807) is 25.2 Å². The monoisotopic (exact) mass is 419 g/mol. The van der Waals surface area contributed by atoms with E-state index < -0.39 is 0 Å². The molecule has 2 aliphatic heterocycles. The second-order valence-electron chi connectivity index (χ2n) is 7.33. The first kappa shape index (κ1) is 17.6. The fourth-order valence-corrected chi connectivity index (χ4v) is 5.15. The zero-order valence-corrected chi connectivity index (χ0v) is 16.7. The highest BCUT2D eigenvalue weighted by Crippen LogP contribution is 2.33. The Morgan fingerprint density at radius 2 is 2.00 bits per heavy atom. The molecule has 26 heavy (non-hydrogen) atoms. The van der Waals surface area contributed by atoms with Crippen molar-refractivity contribution in [3.05, 3.63) is 56.4 Å². The highest BCUT2D eigenvalue weighted by molar-refractivity contribution is 9.10. The molecule has 6 heteroatoms. The van der Waals surface area contributed by atoms with Crippen LogP contribution in [0.15, 0.2) is 39.6 Å². The van der Waals surface area contributed by atoms with E-state index in [1.165, 1.54) is 17.7 Å². The van der Waals surface area contributed by atoms with E-state index in [1.807, 2.05) is 16.7 Å². The lowest BCUT2D eigenvalue weighted by atomic mass is 9.83. The fraction of sp³-hybridized carbons (Fsp3) is 0.450. The number of piperidine rings is 1. The number of benzene rings is 1. The summed E-state index contributed by atoms with van der Waals surface area (Å²) in [7, 11) is 3.37. The van der Waals surface area contributed by atoms with Crippen LogP contribution in [-0.4, -0.2) is 31.9 Å². The van der Waals surface area contributed by atoms with Gasteiger partial charge in [0.25, 0.3) is 5.56 Å². The maximum atomic E-state index is 12.2. The maximum Gasteiger partial charge on any atom is 0.250 e. The van der Waals surface area contributed by atoms with Gasteiger partial charge in [-0.1, -0.05) is 6.07 Å². The van der Waals surface area contributed by atoms with Gasteiger partial charge in [0.2, 0.25) is 0 Å². The fourth-order valence-electron chi connectivity index (χ4n) is 4.59. The third-order valence-electron chi connectivity index (χ3n) is 5.67. The lowest BCUT2D eigenvalue weighted by Crippen LogP contribution is -3.13. The summed E-state index contributed by atoms with van der Waals surface area (Å²) >= 11 is 3.59. The van der Waals surface area contributed by atoms with Crippen molar-refractivity contribution in [2.45, 2.75) is 25.4 Å². The van der Waals surface area contributed by atoms with Crippen LogP contribution in [0.2, 0.25) is 0 Å². The first-order valence-electron chi connectivity index (χ1n) is 9.02. The molecule has 3 heterocycles. The first-order valence-corrected chi connectivity index (χ1v) is 9.82. The summed E-state index contributed by atoms with van der Waals surface area (Å²) in [6, 6.07) is 9.74. The predicted octanol–water partition coefficient (Wildman–Crippen LogP) is 1.83. The predicted molar refractivity (Wildman–Crippen MR) is 103 cm³/mol. The lowest BCUT2D eigenvalue weighted by Gasteiger charge is -2.40. The number of hydrogen-bond acceptors (Lipinski definition) is 3. The van der Waals surface area contributed by atoms with Gasteiger partial charge in [-0.3, -0.25) is 4.79 Å². The molecule has 1 N–H and O–H groups in total. The zero-order chi connectivity index (χ0) is 18.3. The minimum atomic E-state index is 0.140. The van der Waals surface area contributed by atoms with Crippen LogP contribution in [0, 0.1) is 5.92 Å². The Kier molecular flexibility index (Phi) is 4.80. The van der Waals surface area contributed by atoms with Gasteiger partial charge in [-0.15, -0.1) is 0 Å². The number of pyridine rings is 1. The van der Waals surface area contributed by atoms with E-state index in [0.717, 1.165) is 42.2 Å². The Morgan fingerprint density at radius 1 is 1.19 bits per heavy atom. The molecule has 138 valence electrons. The van der Waals surface area contributed by atoms with E-state index in [2.05, 4.69) is 28.1 Å². The standard InChI is InChI=1S/C20H23BrN2O3/c1-25-18-8-19(26-2)16(21)7-15(18)12-22-9-13-6-14(11-22)17-4-3-5-20(24)23(17)10-13/h3-5,7-8,13-14H,6,9-12H2,1-2H3/p+1/t13-,14+/m0/s1. The molecule has 0 amide bonds. The molecule has 1 fully saturated rings. The normalized spacial score (nSPS) is 24.0. The van der Waals surface area contributed by atoms with Gasteiger partial charge in [-0.2, -0.15) is 0 Å². The summed E-state index contributed by atoms with van der Waals surface area (Å²) in [6.45, 7) is 3.89. The van der Waals surface area contributed by atoms with Gasteiger partial charge in [0.15, 0.2) is 0 Å². The van der Waals surface area contributed by atoms with E-state index in [-0.39, 0.29) is 5.56 Å². The van der Waals surface area contributed by atoms with Gasteiger partial charge in [0, 0.05) is 41.8 Å². The van der Waals surface area contributed by atoms with Crippen molar-refractivity contribution in [2.24, 2.45) is 5.92 Å². The number of aromatic nitrogens is 1. The van der Waals surface area contributed by atoms with Crippen LogP contribution in [-0.2, 0) is 13.1 Å². The summed E-state index contributed by atoms with van der Waals surface area (Å²) in [4.78, 5) is 13.7. The SMILES string of the molecule is COc1cc(OC)c(C[NH+]2C[C@@H]3C[C@H](C2)c2cccc(=O)n2C3)cc1Br. The molecule has 1 aromatic carbocycles. The molecule has 0 spiro atoms. The minimum Gasteiger partial charge on any atom is -0.496 e. The molecular formula is C20H24BrN2O3+. The number of hydrogen-bond donors (Lipinski definition) is 1. The van der Waals surface area contributed by atoms with Crippen LogP contribution < -0.4 is 19.9 Å². The highest BCUT2D eigenvalue weighted by atomic mass is 79.9. The molecule has 1 aromatic heterocycles. The number of halogens is 1. The van der Waals surface area contributed by atoms with Gasteiger partial charge in [0.05, 0.1) is 31.8 Å². The first-order chi connectivity index (χ1) is 12.6. The number of fused-ring (bicyclic) bond motifs is 4. The number of rotatable bonds is 4. The number of nitrogens with zero attached hydrogens (tertiary/aromatic N) is 1. The van der Waals surface area contributed by atoms with Gasteiger partial charge < -0.3 is 18.9 Å². The topological polar surface area (TPSA) is 44.9 Å². The number of methoxy groups -OCH3 is 2.